The Labute approximate surface area is 154 Å². The summed E-state index contributed by atoms with van der Waals surface area (Å²) in [5, 5.41) is 2.77. The van der Waals surface area contributed by atoms with Gasteiger partial charge in [0.1, 0.15) is 5.82 Å². The molecule has 1 aliphatic rings. The Morgan fingerprint density at radius 3 is 2.50 bits per heavy atom. The predicted octanol–water partition coefficient (Wildman–Crippen LogP) is 0.646. The first-order chi connectivity index (χ1) is 12.1. The van der Waals surface area contributed by atoms with Gasteiger partial charge in [0.2, 0.25) is 15.9 Å². The zero-order valence-corrected chi connectivity index (χ0v) is 16.5. The highest BCUT2D eigenvalue weighted by atomic mass is 32.2. The number of piperazine rings is 1. The Morgan fingerprint density at radius 1 is 1.31 bits per heavy atom. The largest absolute Gasteiger partial charge is 0.369 e. The van der Waals surface area contributed by atoms with Crippen LogP contribution in [0, 0.1) is 5.82 Å². The van der Waals surface area contributed by atoms with Gasteiger partial charge in [-0.25, -0.2) is 12.8 Å². The minimum absolute atomic E-state index is 0.275. The van der Waals surface area contributed by atoms with Crippen LogP contribution in [-0.4, -0.2) is 76.6 Å². The van der Waals surface area contributed by atoms with Crippen molar-refractivity contribution < 1.29 is 17.6 Å². The summed E-state index contributed by atoms with van der Waals surface area (Å²) in [6.07, 6.45) is 1.04. The molecule has 0 bridgehead atoms. The number of amides is 1. The molecule has 0 spiro atoms. The van der Waals surface area contributed by atoms with Crippen molar-refractivity contribution in [2.45, 2.75) is 13.0 Å². The number of sulfonamides is 1. The molecular weight excluding hydrogens is 359 g/mol. The van der Waals surface area contributed by atoms with Crippen LogP contribution in [0.25, 0.3) is 0 Å². The van der Waals surface area contributed by atoms with Crippen LogP contribution in [0.3, 0.4) is 0 Å². The van der Waals surface area contributed by atoms with E-state index >= 15 is 0 Å². The molecular formula is C17H27FN4O3S. The number of nitrogens with zero attached hydrogens (tertiary/aromatic N) is 3. The third-order valence-corrected chi connectivity index (χ3v) is 5.87. The first-order valence-electron chi connectivity index (χ1n) is 8.51. The number of hydrogen-bond acceptors (Lipinski definition) is 5. The number of benzene rings is 1. The monoisotopic (exact) mass is 386 g/mol. The molecule has 1 atom stereocenters. The molecule has 2 rings (SSSR count). The van der Waals surface area contributed by atoms with E-state index in [-0.39, 0.29) is 12.4 Å². The number of nitrogens with one attached hydrogen (secondary N) is 1. The standard InChI is InChI=1S/C17H27FN4O3S/c1-13(19-17(23)12-21(3)26(4,24)25)15-11-14(18)5-6-16(15)22-9-7-20(2)8-10-22/h5-6,11,13H,7-10,12H2,1-4H3,(H,19,23). The number of likely N-dealkylation sites (N-methyl/N-ethyl adjacent to an activating group) is 2. The van der Waals surface area contributed by atoms with Crippen molar-refractivity contribution in [1.29, 1.82) is 0 Å². The third-order valence-electron chi connectivity index (χ3n) is 4.61. The second-order valence-corrected chi connectivity index (χ2v) is 8.89. The second-order valence-electron chi connectivity index (χ2n) is 6.80. The fourth-order valence-electron chi connectivity index (χ4n) is 2.89. The molecule has 1 aromatic rings. The number of anilines is 1. The van der Waals surface area contributed by atoms with Crippen LogP contribution in [0.1, 0.15) is 18.5 Å². The lowest BCUT2D eigenvalue weighted by Gasteiger charge is -2.36. The Morgan fingerprint density at radius 2 is 1.92 bits per heavy atom. The molecule has 1 amide bonds. The molecule has 0 aliphatic carbocycles. The normalized spacial score (nSPS) is 17.4. The maximum atomic E-state index is 13.8. The van der Waals surface area contributed by atoms with Crippen molar-refractivity contribution in [1.82, 2.24) is 14.5 Å². The van der Waals surface area contributed by atoms with Crippen molar-refractivity contribution in [3.8, 4) is 0 Å². The molecule has 0 saturated carbocycles. The fourth-order valence-corrected chi connectivity index (χ4v) is 3.24. The molecule has 1 unspecified atom stereocenters. The summed E-state index contributed by atoms with van der Waals surface area (Å²) in [6, 6.07) is 4.14. The van der Waals surface area contributed by atoms with Crippen molar-refractivity contribution >= 4 is 21.6 Å². The molecule has 1 saturated heterocycles. The minimum atomic E-state index is -3.44. The maximum absolute atomic E-state index is 13.8. The van der Waals surface area contributed by atoms with Gasteiger partial charge in [0.15, 0.2) is 0 Å². The van der Waals surface area contributed by atoms with Crippen molar-refractivity contribution in [3.63, 3.8) is 0 Å². The van der Waals surface area contributed by atoms with E-state index in [0.717, 1.165) is 42.4 Å². The van der Waals surface area contributed by atoms with E-state index in [4.69, 9.17) is 0 Å². The number of hydrogen-bond donors (Lipinski definition) is 1. The molecule has 1 aliphatic heterocycles. The summed E-state index contributed by atoms with van der Waals surface area (Å²) in [7, 11) is -0.0317. The van der Waals surface area contributed by atoms with Crippen LogP contribution in [0.15, 0.2) is 18.2 Å². The number of carbonyl (C=O) groups excluding carboxylic acids is 1. The zero-order valence-electron chi connectivity index (χ0n) is 15.7. The Hall–Kier alpha value is -1.71. The van der Waals surface area contributed by atoms with E-state index in [2.05, 4.69) is 22.2 Å². The van der Waals surface area contributed by atoms with Crippen LogP contribution in [0.2, 0.25) is 0 Å². The Kier molecular flexibility index (Phi) is 6.59. The summed E-state index contributed by atoms with van der Waals surface area (Å²) < 4.78 is 37.7. The molecule has 7 nitrogen and oxygen atoms in total. The molecule has 1 heterocycles. The third kappa shape index (κ3) is 5.39. The fraction of sp³-hybridized carbons (Fsp3) is 0.588. The Bertz CT molecular complexity index is 748. The summed E-state index contributed by atoms with van der Waals surface area (Å²) >= 11 is 0. The van der Waals surface area contributed by atoms with Crippen LogP contribution in [0.5, 0.6) is 0 Å². The lowest BCUT2D eigenvalue weighted by Crippen LogP contribution is -2.45. The molecule has 26 heavy (non-hydrogen) atoms. The van der Waals surface area contributed by atoms with Crippen LogP contribution >= 0.6 is 0 Å². The van der Waals surface area contributed by atoms with E-state index in [1.165, 1.54) is 19.2 Å². The average Bonchev–Trinajstić information content (AvgIpc) is 2.54. The molecule has 1 N–H and O–H groups in total. The summed E-state index contributed by atoms with van der Waals surface area (Å²) in [5.41, 5.74) is 1.58. The SMILES string of the molecule is CC(NC(=O)CN(C)S(C)(=O)=O)c1cc(F)ccc1N1CCN(C)CC1. The van der Waals surface area contributed by atoms with Gasteiger partial charge >= 0.3 is 0 Å². The van der Waals surface area contributed by atoms with Gasteiger partial charge in [0.25, 0.3) is 0 Å². The summed E-state index contributed by atoms with van der Waals surface area (Å²) in [6.45, 7) is 4.97. The van der Waals surface area contributed by atoms with E-state index in [1.807, 2.05) is 0 Å². The lowest BCUT2D eigenvalue weighted by molar-refractivity contribution is -0.121. The molecule has 0 aromatic heterocycles. The lowest BCUT2D eigenvalue weighted by atomic mass is 10.0. The van der Waals surface area contributed by atoms with Crippen molar-refractivity contribution in [3.05, 3.63) is 29.6 Å². The number of rotatable bonds is 6. The van der Waals surface area contributed by atoms with Gasteiger partial charge in [0.05, 0.1) is 18.8 Å². The first kappa shape index (κ1) is 20.6. The van der Waals surface area contributed by atoms with Gasteiger partial charge in [-0.2, -0.15) is 4.31 Å². The van der Waals surface area contributed by atoms with Crippen LogP contribution < -0.4 is 10.2 Å². The van der Waals surface area contributed by atoms with Crippen LogP contribution in [-0.2, 0) is 14.8 Å². The van der Waals surface area contributed by atoms with Gasteiger partial charge in [-0.05, 0) is 32.2 Å². The number of halogens is 1. The predicted molar refractivity (Wildman–Crippen MR) is 100 cm³/mol. The molecule has 9 heteroatoms. The van der Waals surface area contributed by atoms with Gasteiger partial charge in [-0.15, -0.1) is 0 Å². The molecule has 146 valence electrons. The number of carbonyl (C=O) groups is 1. The molecule has 1 aromatic carbocycles. The van der Waals surface area contributed by atoms with E-state index < -0.39 is 22.0 Å². The molecule has 0 radical (unpaired) electrons. The van der Waals surface area contributed by atoms with Crippen LogP contribution in [0.4, 0.5) is 10.1 Å². The summed E-state index contributed by atoms with van der Waals surface area (Å²) in [5.74, 6) is -0.800. The first-order valence-corrected chi connectivity index (χ1v) is 10.4. The highest BCUT2D eigenvalue weighted by Crippen LogP contribution is 2.28. The van der Waals surface area contributed by atoms with Gasteiger partial charge < -0.3 is 15.1 Å². The van der Waals surface area contributed by atoms with Gasteiger partial charge in [-0.1, -0.05) is 0 Å². The van der Waals surface area contributed by atoms with Crippen molar-refractivity contribution in [2.24, 2.45) is 0 Å². The maximum Gasteiger partial charge on any atom is 0.235 e. The smallest absolute Gasteiger partial charge is 0.235 e. The topological polar surface area (TPSA) is 73.0 Å². The molecule has 1 fully saturated rings. The van der Waals surface area contributed by atoms with Crippen molar-refractivity contribution in [2.75, 3.05) is 58.0 Å². The Balaban J connectivity index is 2.13. The quantitative estimate of drug-likeness (QED) is 0.777. The zero-order chi connectivity index (χ0) is 19.5. The highest BCUT2D eigenvalue weighted by Gasteiger charge is 2.22. The van der Waals surface area contributed by atoms with Gasteiger partial charge in [0, 0.05) is 44.5 Å². The second kappa shape index (κ2) is 8.32. The van der Waals surface area contributed by atoms with Gasteiger partial charge in [-0.3, -0.25) is 4.79 Å². The van der Waals surface area contributed by atoms with E-state index in [9.17, 15) is 17.6 Å². The summed E-state index contributed by atoms with van der Waals surface area (Å²) in [4.78, 5) is 16.6. The minimum Gasteiger partial charge on any atom is -0.369 e. The average molecular weight is 386 g/mol. The highest BCUT2D eigenvalue weighted by molar-refractivity contribution is 7.88. The van der Waals surface area contributed by atoms with E-state index in [0.29, 0.717) is 5.56 Å². The van der Waals surface area contributed by atoms with E-state index in [1.54, 1.807) is 13.0 Å².